The van der Waals surface area contributed by atoms with Crippen LogP contribution in [0, 0.1) is 0 Å². The van der Waals surface area contributed by atoms with Gasteiger partial charge in [-0.05, 0) is 42.3 Å². The van der Waals surface area contributed by atoms with Gasteiger partial charge in [-0.1, -0.05) is 24.3 Å². The van der Waals surface area contributed by atoms with Gasteiger partial charge in [0.25, 0.3) is 0 Å². The molecule has 2 rings (SSSR count). The fourth-order valence-electron chi connectivity index (χ4n) is 2.23. The van der Waals surface area contributed by atoms with Crippen LogP contribution in [0.5, 0.6) is 5.75 Å². The van der Waals surface area contributed by atoms with Crippen LogP contribution in [0.15, 0.2) is 48.5 Å². The third-order valence-electron chi connectivity index (χ3n) is 3.67. The largest absolute Gasteiger partial charge is 0.497 e. The molecule has 0 fully saturated rings. The van der Waals surface area contributed by atoms with Crippen LogP contribution in [0.3, 0.4) is 0 Å². The highest BCUT2D eigenvalue weighted by Gasteiger charge is 2.38. The molecule has 0 aliphatic carbocycles. The Morgan fingerprint density at radius 2 is 1.71 bits per heavy atom. The fraction of sp³-hybridized carbons (Fsp3) is 0.235. The van der Waals surface area contributed by atoms with E-state index in [1.54, 1.807) is 44.4 Å². The van der Waals surface area contributed by atoms with Gasteiger partial charge in [-0.2, -0.15) is 13.2 Å². The van der Waals surface area contributed by atoms with E-state index in [2.05, 4.69) is 0 Å². The second-order valence-corrected chi connectivity index (χ2v) is 5.46. The van der Waals surface area contributed by atoms with Gasteiger partial charge in [0, 0.05) is 5.69 Å². The molecule has 0 saturated heterocycles. The number of methoxy groups -OCH3 is 1. The van der Waals surface area contributed by atoms with Crippen LogP contribution in [0.4, 0.5) is 18.9 Å². The molecular weight excluding hydrogens is 321 g/mol. The van der Waals surface area contributed by atoms with Gasteiger partial charge in [-0.25, -0.2) is 0 Å². The number of alkyl halides is 3. The number of carbonyl (C=O) groups is 1. The Bertz CT molecular complexity index is 725. The van der Waals surface area contributed by atoms with Crippen molar-refractivity contribution in [1.29, 1.82) is 0 Å². The molecule has 0 aliphatic rings. The molecule has 7 heteroatoms. The molecule has 1 unspecified atom stereocenters. The zero-order chi connectivity index (χ0) is 18.0. The maximum atomic E-state index is 12.4. The van der Waals surface area contributed by atoms with Gasteiger partial charge in [0.15, 0.2) is 0 Å². The summed E-state index contributed by atoms with van der Waals surface area (Å²) in [7, 11) is 1.55. The molecule has 0 aliphatic heterocycles. The van der Waals surface area contributed by atoms with E-state index in [-0.39, 0.29) is 5.69 Å². The number of nitrogens with one attached hydrogen (secondary N) is 1. The molecule has 3 N–H and O–H groups in total. The van der Waals surface area contributed by atoms with Crippen molar-refractivity contribution in [1.82, 2.24) is 0 Å². The Morgan fingerprint density at radius 1 is 1.08 bits per heavy atom. The summed E-state index contributed by atoms with van der Waals surface area (Å²) < 4.78 is 42.2. The minimum Gasteiger partial charge on any atom is -0.497 e. The number of halogens is 3. The van der Waals surface area contributed by atoms with Crippen LogP contribution in [0.2, 0.25) is 0 Å². The summed E-state index contributed by atoms with van der Waals surface area (Å²) in [5.74, 6) is -1.36. The molecule has 128 valence electrons. The lowest BCUT2D eigenvalue weighted by atomic mass is 9.85. The molecule has 0 heterocycles. The molecule has 1 atom stereocenters. The normalized spacial score (nSPS) is 13.9. The quantitative estimate of drug-likeness (QED) is 0.898. The van der Waals surface area contributed by atoms with Gasteiger partial charge >= 0.3 is 12.1 Å². The minimum atomic E-state index is -4.95. The summed E-state index contributed by atoms with van der Waals surface area (Å²) in [6.45, 7) is 1.74. The Morgan fingerprint density at radius 3 is 2.25 bits per heavy atom. The van der Waals surface area contributed by atoms with Crippen LogP contribution in [-0.2, 0) is 10.3 Å². The first-order valence-corrected chi connectivity index (χ1v) is 7.06. The fourth-order valence-corrected chi connectivity index (χ4v) is 2.23. The third-order valence-corrected chi connectivity index (χ3v) is 3.67. The second-order valence-electron chi connectivity index (χ2n) is 5.46. The van der Waals surface area contributed by atoms with Crippen molar-refractivity contribution in [3.63, 3.8) is 0 Å². The maximum Gasteiger partial charge on any atom is 0.471 e. The van der Waals surface area contributed by atoms with Crippen molar-refractivity contribution in [3.05, 3.63) is 59.7 Å². The van der Waals surface area contributed by atoms with Gasteiger partial charge in [0.05, 0.1) is 12.6 Å². The van der Waals surface area contributed by atoms with Gasteiger partial charge in [0.2, 0.25) is 0 Å². The molecule has 0 saturated carbocycles. The molecule has 2 aromatic rings. The molecule has 0 aromatic heterocycles. The highest BCUT2D eigenvalue weighted by Crippen LogP contribution is 2.30. The Hall–Kier alpha value is -2.54. The number of benzene rings is 2. The van der Waals surface area contributed by atoms with E-state index in [0.717, 1.165) is 5.56 Å². The van der Waals surface area contributed by atoms with Crippen molar-refractivity contribution >= 4 is 11.6 Å². The average Bonchev–Trinajstić information content (AvgIpc) is 2.54. The van der Waals surface area contributed by atoms with Crippen LogP contribution in [0.1, 0.15) is 18.1 Å². The lowest BCUT2D eigenvalue weighted by Crippen LogP contribution is -2.34. The number of amides is 1. The van der Waals surface area contributed by atoms with E-state index in [9.17, 15) is 18.0 Å². The van der Waals surface area contributed by atoms with Crippen LogP contribution in [0.25, 0.3) is 0 Å². The summed E-state index contributed by atoms with van der Waals surface area (Å²) in [5, 5.41) is 1.82. The predicted octanol–water partition coefficient (Wildman–Crippen LogP) is 3.42. The standard InChI is InChI=1S/C17H17F3N2O2/c1-16(21,11-6-8-14(24-2)9-7-11)12-4-3-5-13(10-12)22-15(23)17(18,19)20/h3-10H,21H2,1-2H3,(H,22,23). The van der Waals surface area contributed by atoms with Gasteiger partial charge in [0.1, 0.15) is 5.75 Å². The second kappa shape index (κ2) is 6.52. The van der Waals surface area contributed by atoms with E-state index >= 15 is 0 Å². The summed E-state index contributed by atoms with van der Waals surface area (Å²) in [4.78, 5) is 11.1. The Balaban J connectivity index is 2.30. The Labute approximate surface area is 137 Å². The number of hydrogen-bond donors (Lipinski definition) is 2. The molecule has 0 spiro atoms. The average molecular weight is 338 g/mol. The van der Waals surface area contributed by atoms with Gasteiger partial charge in [-0.3, -0.25) is 4.79 Å². The highest BCUT2D eigenvalue weighted by molar-refractivity contribution is 5.94. The lowest BCUT2D eigenvalue weighted by Gasteiger charge is -2.26. The Kier molecular flexibility index (Phi) is 4.84. The van der Waals surface area contributed by atoms with Gasteiger partial charge < -0.3 is 15.8 Å². The zero-order valence-corrected chi connectivity index (χ0v) is 13.1. The number of rotatable bonds is 4. The van der Waals surface area contributed by atoms with Gasteiger partial charge in [-0.15, -0.1) is 0 Å². The van der Waals surface area contributed by atoms with E-state index in [0.29, 0.717) is 11.3 Å². The summed E-state index contributed by atoms with van der Waals surface area (Å²) >= 11 is 0. The van der Waals surface area contributed by atoms with E-state index in [4.69, 9.17) is 10.5 Å². The first-order valence-electron chi connectivity index (χ1n) is 7.06. The lowest BCUT2D eigenvalue weighted by molar-refractivity contribution is -0.167. The van der Waals surface area contributed by atoms with E-state index in [1.165, 1.54) is 18.2 Å². The number of ether oxygens (including phenoxy) is 1. The van der Waals surface area contributed by atoms with Crippen molar-refractivity contribution in [3.8, 4) is 5.75 Å². The van der Waals surface area contributed by atoms with E-state index < -0.39 is 17.6 Å². The SMILES string of the molecule is COc1ccc(C(C)(N)c2cccc(NC(=O)C(F)(F)F)c2)cc1. The summed E-state index contributed by atoms with van der Waals surface area (Å²) in [6, 6.07) is 13.1. The third kappa shape index (κ3) is 3.86. The number of anilines is 1. The number of carbonyl (C=O) groups excluding carboxylic acids is 1. The van der Waals surface area contributed by atoms with Crippen molar-refractivity contribution in [2.75, 3.05) is 12.4 Å². The van der Waals surface area contributed by atoms with E-state index in [1.807, 2.05) is 5.32 Å². The smallest absolute Gasteiger partial charge is 0.471 e. The van der Waals surface area contributed by atoms with Crippen LogP contribution < -0.4 is 15.8 Å². The van der Waals surface area contributed by atoms with Crippen molar-refractivity contribution in [2.45, 2.75) is 18.6 Å². The molecule has 0 radical (unpaired) electrons. The first-order chi connectivity index (χ1) is 11.1. The molecular formula is C17H17F3N2O2. The first kappa shape index (κ1) is 17.8. The molecule has 0 bridgehead atoms. The summed E-state index contributed by atoms with van der Waals surface area (Å²) in [6.07, 6.45) is -4.95. The predicted molar refractivity (Wildman–Crippen MR) is 84.8 cm³/mol. The topological polar surface area (TPSA) is 64.3 Å². The molecule has 2 aromatic carbocycles. The van der Waals surface area contributed by atoms with Crippen molar-refractivity contribution < 1.29 is 22.7 Å². The molecule has 1 amide bonds. The molecule has 24 heavy (non-hydrogen) atoms. The zero-order valence-electron chi connectivity index (χ0n) is 13.1. The minimum absolute atomic E-state index is 0.0278. The number of nitrogens with two attached hydrogens (primary N) is 1. The summed E-state index contributed by atoms with van der Waals surface area (Å²) in [5.41, 5.74) is 6.75. The van der Waals surface area contributed by atoms with Crippen molar-refractivity contribution in [2.24, 2.45) is 5.73 Å². The van der Waals surface area contributed by atoms with Crippen LogP contribution >= 0.6 is 0 Å². The highest BCUT2D eigenvalue weighted by atomic mass is 19.4. The monoisotopic (exact) mass is 338 g/mol. The maximum absolute atomic E-state index is 12.4. The van der Waals surface area contributed by atoms with Crippen LogP contribution in [-0.4, -0.2) is 19.2 Å². The molecule has 4 nitrogen and oxygen atoms in total. The number of hydrogen-bond acceptors (Lipinski definition) is 3.